The number of fused-ring (bicyclic) bond motifs is 2. The maximum Gasteiger partial charge on any atom is 0.0107 e. The Balaban J connectivity index is 1.62. The van der Waals surface area contributed by atoms with Crippen LogP contribution in [0, 0.1) is 11.8 Å². The first-order chi connectivity index (χ1) is 7.33. The van der Waals surface area contributed by atoms with E-state index in [9.17, 15) is 0 Å². The van der Waals surface area contributed by atoms with E-state index in [4.69, 9.17) is 0 Å². The van der Waals surface area contributed by atoms with Gasteiger partial charge < -0.3 is 10.2 Å². The summed E-state index contributed by atoms with van der Waals surface area (Å²) >= 11 is 0. The Morgan fingerprint density at radius 3 is 2.47 bits per heavy atom. The molecule has 0 radical (unpaired) electrons. The van der Waals surface area contributed by atoms with E-state index in [1.807, 2.05) is 0 Å². The smallest absolute Gasteiger partial charge is 0.0107 e. The van der Waals surface area contributed by atoms with E-state index < -0.39 is 0 Å². The first-order valence-electron chi connectivity index (χ1n) is 6.79. The zero-order valence-corrected chi connectivity index (χ0v) is 10.3. The lowest BCUT2D eigenvalue weighted by molar-refractivity contribution is 0.279. The molecule has 0 spiro atoms. The number of rotatable bonds is 6. The molecule has 2 aliphatic rings. The van der Waals surface area contributed by atoms with Crippen LogP contribution in [0.1, 0.15) is 39.5 Å². The van der Waals surface area contributed by atoms with Gasteiger partial charge in [-0.2, -0.15) is 0 Å². The van der Waals surface area contributed by atoms with Gasteiger partial charge in [-0.1, -0.05) is 20.3 Å². The average Bonchev–Trinajstić information content (AvgIpc) is 2.86. The third-order valence-electron chi connectivity index (χ3n) is 4.47. The quantitative estimate of drug-likeness (QED) is 0.722. The van der Waals surface area contributed by atoms with Gasteiger partial charge >= 0.3 is 0 Å². The van der Waals surface area contributed by atoms with Crippen molar-refractivity contribution in [2.75, 3.05) is 26.2 Å². The fourth-order valence-electron chi connectivity index (χ4n) is 3.44. The van der Waals surface area contributed by atoms with Gasteiger partial charge in [0, 0.05) is 19.1 Å². The van der Waals surface area contributed by atoms with Crippen LogP contribution in [0.5, 0.6) is 0 Å². The Morgan fingerprint density at radius 1 is 1.13 bits per heavy atom. The topological polar surface area (TPSA) is 15.3 Å². The Labute approximate surface area is 94.4 Å². The van der Waals surface area contributed by atoms with Crippen molar-refractivity contribution in [3.05, 3.63) is 0 Å². The van der Waals surface area contributed by atoms with E-state index in [0.717, 1.165) is 17.9 Å². The van der Waals surface area contributed by atoms with Crippen LogP contribution in [-0.2, 0) is 0 Å². The minimum atomic E-state index is 0.860. The van der Waals surface area contributed by atoms with Crippen LogP contribution in [0.15, 0.2) is 0 Å². The number of nitrogens with one attached hydrogen (secondary N) is 1. The van der Waals surface area contributed by atoms with Crippen LogP contribution in [-0.4, -0.2) is 37.1 Å². The van der Waals surface area contributed by atoms with Crippen molar-refractivity contribution >= 4 is 0 Å². The summed E-state index contributed by atoms with van der Waals surface area (Å²) < 4.78 is 0. The maximum absolute atomic E-state index is 3.77. The van der Waals surface area contributed by atoms with Crippen molar-refractivity contribution in [3.8, 4) is 0 Å². The molecule has 15 heavy (non-hydrogen) atoms. The molecule has 2 bridgehead atoms. The van der Waals surface area contributed by atoms with Gasteiger partial charge in [0.15, 0.2) is 0 Å². The van der Waals surface area contributed by atoms with E-state index in [0.29, 0.717) is 0 Å². The third-order valence-corrected chi connectivity index (χ3v) is 4.47. The highest BCUT2D eigenvalue weighted by molar-refractivity contribution is 4.94. The first-order valence-corrected chi connectivity index (χ1v) is 6.79. The van der Waals surface area contributed by atoms with Crippen molar-refractivity contribution < 1.29 is 0 Å². The van der Waals surface area contributed by atoms with Gasteiger partial charge in [-0.15, -0.1) is 0 Å². The summed E-state index contributed by atoms with van der Waals surface area (Å²) in [6.07, 6.45) is 5.98. The monoisotopic (exact) mass is 210 g/mol. The zero-order valence-electron chi connectivity index (χ0n) is 10.3. The van der Waals surface area contributed by atoms with Gasteiger partial charge in [-0.25, -0.2) is 0 Å². The van der Waals surface area contributed by atoms with Crippen LogP contribution in [0.25, 0.3) is 0 Å². The largest absolute Gasteiger partial charge is 0.312 e. The summed E-state index contributed by atoms with van der Waals surface area (Å²) in [4.78, 5) is 2.50. The predicted molar refractivity (Wildman–Crippen MR) is 65.0 cm³/mol. The fourth-order valence-corrected chi connectivity index (χ4v) is 3.44. The molecule has 2 nitrogen and oxygen atoms in total. The molecule has 0 aromatic heterocycles. The van der Waals surface area contributed by atoms with Crippen molar-refractivity contribution in [2.45, 2.75) is 45.6 Å². The van der Waals surface area contributed by atoms with E-state index in [1.165, 1.54) is 51.9 Å². The molecule has 1 N–H and O–H groups in total. The molecule has 2 heteroatoms. The average molecular weight is 210 g/mol. The second-order valence-corrected chi connectivity index (χ2v) is 5.26. The molecule has 2 saturated carbocycles. The summed E-state index contributed by atoms with van der Waals surface area (Å²) in [5.74, 6) is 2.09. The summed E-state index contributed by atoms with van der Waals surface area (Å²) in [5, 5.41) is 3.77. The molecule has 0 aromatic rings. The van der Waals surface area contributed by atoms with Gasteiger partial charge in [-0.05, 0) is 44.2 Å². The van der Waals surface area contributed by atoms with E-state index in [2.05, 4.69) is 24.1 Å². The molecular weight excluding hydrogens is 184 g/mol. The van der Waals surface area contributed by atoms with Crippen LogP contribution in [0.2, 0.25) is 0 Å². The fraction of sp³-hybridized carbons (Fsp3) is 1.00. The molecule has 3 atom stereocenters. The molecule has 2 rings (SSSR count). The van der Waals surface area contributed by atoms with Gasteiger partial charge in [0.1, 0.15) is 0 Å². The van der Waals surface area contributed by atoms with Gasteiger partial charge in [0.2, 0.25) is 0 Å². The van der Waals surface area contributed by atoms with Crippen molar-refractivity contribution in [2.24, 2.45) is 11.8 Å². The molecule has 2 fully saturated rings. The molecule has 0 amide bonds. The zero-order chi connectivity index (χ0) is 10.7. The van der Waals surface area contributed by atoms with E-state index >= 15 is 0 Å². The van der Waals surface area contributed by atoms with Crippen LogP contribution < -0.4 is 5.32 Å². The molecule has 88 valence electrons. The van der Waals surface area contributed by atoms with Crippen molar-refractivity contribution in [1.29, 1.82) is 0 Å². The summed E-state index contributed by atoms with van der Waals surface area (Å²) in [7, 11) is 0. The normalized spacial score (nSPS) is 34.2. The minimum Gasteiger partial charge on any atom is -0.312 e. The lowest BCUT2D eigenvalue weighted by atomic mass is 9.95. The van der Waals surface area contributed by atoms with Gasteiger partial charge in [0.25, 0.3) is 0 Å². The number of hydrogen-bond donors (Lipinski definition) is 1. The SMILES string of the molecule is CCN(CC)CCNC1CC2CCC1C2. The second kappa shape index (κ2) is 5.31. The van der Waals surface area contributed by atoms with Crippen LogP contribution >= 0.6 is 0 Å². The summed E-state index contributed by atoms with van der Waals surface area (Å²) in [6, 6.07) is 0.860. The van der Waals surface area contributed by atoms with Crippen LogP contribution in [0.3, 0.4) is 0 Å². The molecule has 0 heterocycles. The third kappa shape index (κ3) is 2.73. The van der Waals surface area contributed by atoms with Crippen LogP contribution in [0.4, 0.5) is 0 Å². The van der Waals surface area contributed by atoms with Gasteiger partial charge in [-0.3, -0.25) is 0 Å². The highest BCUT2D eigenvalue weighted by Gasteiger charge is 2.38. The van der Waals surface area contributed by atoms with E-state index in [1.54, 1.807) is 0 Å². The predicted octanol–water partition coefficient (Wildman–Crippen LogP) is 2.11. The Bertz CT molecular complexity index is 189. The summed E-state index contributed by atoms with van der Waals surface area (Å²) in [6.45, 7) is 9.29. The molecule has 3 unspecified atom stereocenters. The number of likely N-dealkylation sites (N-methyl/N-ethyl adjacent to an activating group) is 1. The van der Waals surface area contributed by atoms with Gasteiger partial charge in [0.05, 0.1) is 0 Å². The van der Waals surface area contributed by atoms with Crippen molar-refractivity contribution in [1.82, 2.24) is 10.2 Å². The second-order valence-electron chi connectivity index (χ2n) is 5.26. The lowest BCUT2D eigenvalue weighted by Crippen LogP contribution is -2.39. The van der Waals surface area contributed by atoms with Crippen molar-refractivity contribution in [3.63, 3.8) is 0 Å². The number of hydrogen-bond acceptors (Lipinski definition) is 2. The molecule has 0 aliphatic heterocycles. The number of nitrogens with zero attached hydrogens (tertiary/aromatic N) is 1. The molecule has 0 saturated heterocycles. The molecular formula is C13H26N2. The summed E-state index contributed by atoms with van der Waals surface area (Å²) in [5.41, 5.74) is 0. The Kier molecular flexibility index (Phi) is 4.04. The first kappa shape index (κ1) is 11.4. The minimum absolute atomic E-state index is 0.860. The molecule has 2 aliphatic carbocycles. The lowest BCUT2D eigenvalue weighted by Gasteiger charge is -2.25. The standard InChI is InChI=1S/C13H26N2/c1-3-15(4-2)8-7-14-13-10-11-5-6-12(13)9-11/h11-14H,3-10H2,1-2H3. The highest BCUT2D eigenvalue weighted by Crippen LogP contribution is 2.44. The maximum atomic E-state index is 3.77. The highest BCUT2D eigenvalue weighted by atomic mass is 15.1. The van der Waals surface area contributed by atoms with E-state index in [-0.39, 0.29) is 0 Å². The Hall–Kier alpha value is -0.0800. The molecule has 0 aromatic carbocycles. The Morgan fingerprint density at radius 2 is 1.93 bits per heavy atom.